The van der Waals surface area contributed by atoms with Crippen molar-refractivity contribution in [1.29, 1.82) is 0 Å². The molecule has 20 heavy (non-hydrogen) atoms. The first-order valence-corrected chi connectivity index (χ1v) is 6.33. The third-order valence-corrected chi connectivity index (χ3v) is 2.44. The zero-order valence-corrected chi connectivity index (χ0v) is 12.3. The summed E-state index contributed by atoms with van der Waals surface area (Å²) in [5.41, 5.74) is 1.96. The van der Waals surface area contributed by atoms with E-state index in [4.69, 9.17) is 17.4 Å². The molecule has 0 atom stereocenters. The van der Waals surface area contributed by atoms with Gasteiger partial charge in [0.25, 0.3) is 5.91 Å². The number of nitrogen functional groups attached to an aromatic ring is 1. The summed E-state index contributed by atoms with van der Waals surface area (Å²) < 4.78 is 0. The van der Waals surface area contributed by atoms with Crippen LogP contribution in [0, 0.1) is 0 Å². The van der Waals surface area contributed by atoms with Crippen molar-refractivity contribution < 1.29 is 9.59 Å². The van der Waals surface area contributed by atoms with Gasteiger partial charge < -0.3 is 16.1 Å². The maximum absolute atomic E-state index is 11.9. The molecule has 5 N–H and O–H groups in total. The van der Waals surface area contributed by atoms with Gasteiger partial charge in [0.2, 0.25) is 5.91 Å². The summed E-state index contributed by atoms with van der Waals surface area (Å²) in [4.78, 5) is 27.4. The number of amides is 2. The highest BCUT2D eigenvalue weighted by Crippen LogP contribution is 2.15. The van der Waals surface area contributed by atoms with Crippen molar-refractivity contribution in [1.82, 2.24) is 15.6 Å². The molecular weight excluding hydrogens is 282 g/mol. The monoisotopic (exact) mass is 299 g/mol. The fourth-order valence-corrected chi connectivity index (χ4v) is 1.58. The topological polar surface area (TPSA) is 109 Å². The van der Waals surface area contributed by atoms with E-state index in [0.29, 0.717) is 5.82 Å². The molecule has 0 spiro atoms. The zero-order chi connectivity index (χ0) is 15.3. The van der Waals surface area contributed by atoms with Crippen molar-refractivity contribution in [3.8, 4) is 0 Å². The summed E-state index contributed by atoms with van der Waals surface area (Å²) in [6.45, 7) is 5.39. The minimum atomic E-state index is -0.545. The van der Waals surface area contributed by atoms with Gasteiger partial charge in [0.15, 0.2) is 0 Å². The predicted octanol–water partition coefficient (Wildman–Crippen LogP) is 0.665. The van der Waals surface area contributed by atoms with Crippen LogP contribution in [0.3, 0.4) is 0 Å². The lowest BCUT2D eigenvalue weighted by molar-refractivity contribution is -0.121. The normalized spacial score (nSPS) is 10.8. The number of carbonyl (C=O) groups is 2. The highest BCUT2D eigenvalue weighted by Gasteiger charge is 2.17. The number of hydrogen-bond donors (Lipinski definition) is 4. The third kappa shape index (κ3) is 5.02. The number of nitrogens with zero attached hydrogens (tertiary/aromatic N) is 1. The van der Waals surface area contributed by atoms with E-state index in [0.717, 1.165) is 0 Å². The molecule has 1 heterocycles. The highest BCUT2D eigenvalue weighted by molar-refractivity contribution is 6.33. The van der Waals surface area contributed by atoms with Gasteiger partial charge >= 0.3 is 0 Å². The fourth-order valence-electron chi connectivity index (χ4n) is 1.39. The molecule has 1 aromatic heterocycles. The Morgan fingerprint density at radius 3 is 2.55 bits per heavy atom. The standard InChI is InChI=1S/C12H18ClN5O2/c1-12(2,3)17-9(19)6-15-11(20)10-7(13)4-5-8(16-10)18-14/h4-5H,6,14H2,1-3H3,(H,15,20)(H,16,18)(H,17,19). The van der Waals surface area contributed by atoms with E-state index < -0.39 is 5.91 Å². The summed E-state index contributed by atoms with van der Waals surface area (Å²) in [5.74, 6) is 4.67. The van der Waals surface area contributed by atoms with E-state index in [1.54, 1.807) is 0 Å². The van der Waals surface area contributed by atoms with E-state index in [2.05, 4.69) is 21.0 Å². The Kier molecular flexibility index (Phi) is 5.29. The predicted molar refractivity (Wildman–Crippen MR) is 77.3 cm³/mol. The summed E-state index contributed by atoms with van der Waals surface area (Å²) in [6, 6.07) is 3.03. The second-order valence-electron chi connectivity index (χ2n) is 5.15. The first-order chi connectivity index (χ1) is 9.23. The Bertz CT molecular complexity index is 513. The van der Waals surface area contributed by atoms with Crippen molar-refractivity contribution in [2.75, 3.05) is 12.0 Å². The number of hydrogen-bond acceptors (Lipinski definition) is 5. The average Bonchev–Trinajstić information content (AvgIpc) is 2.34. The van der Waals surface area contributed by atoms with Crippen LogP contribution in [0.4, 0.5) is 5.82 Å². The quantitative estimate of drug-likeness (QED) is 0.482. The van der Waals surface area contributed by atoms with Gasteiger partial charge in [-0.3, -0.25) is 9.59 Å². The van der Waals surface area contributed by atoms with Crippen molar-refractivity contribution in [2.24, 2.45) is 5.84 Å². The number of rotatable bonds is 4. The minimum absolute atomic E-state index is 0.00525. The van der Waals surface area contributed by atoms with Gasteiger partial charge in [0.1, 0.15) is 11.5 Å². The van der Waals surface area contributed by atoms with E-state index >= 15 is 0 Å². The van der Waals surface area contributed by atoms with Gasteiger partial charge in [-0.15, -0.1) is 0 Å². The number of nitrogens with two attached hydrogens (primary N) is 1. The number of carbonyl (C=O) groups excluding carboxylic acids is 2. The van der Waals surface area contributed by atoms with E-state index in [9.17, 15) is 9.59 Å². The number of aromatic nitrogens is 1. The average molecular weight is 300 g/mol. The van der Waals surface area contributed by atoms with Gasteiger partial charge in [-0.1, -0.05) is 11.6 Å². The lowest BCUT2D eigenvalue weighted by Gasteiger charge is -2.20. The molecule has 0 saturated carbocycles. The summed E-state index contributed by atoms with van der Waals surface area (Å²) in [7, 11) is 0. The molecule has 1 rings (SSSR count). The van der Waals surface area contributed by atoms with Crippen LogP contribution in [0.15, 0.2) is 12.1 Å². The van der Waals surface area contributed by atoms with Gasteiger partial charge in [-0.2, -0.15) is 0 Å². The Hall–Kier alpha value is -1.86. The molecule has 0 bridgehead atoms. The van der Waals surface area contributed by atoms with E-state index in [1.165, 1.54) is 12.1 Å². The van der Waals surface area contributed by atoms with Crippen LogP contribution in [0.2, 0.25) is 5.02 Å². The van der Waals surface area contributed by atoms with Crippen LogP contribution in [-0.4, -0.2) is 28.9 Å². The lowest BCUT2D eigenvalue weighted by Crippen LogP contribution is -2.46. The number of pyridine rings is 1. The molecule has 0 aromatic carbocycles. The number of halogens is 1. The van der Waals surface area contributed by atoms with Crippen molar-refractivity contribution >= 4 is 29.2 Å². The second-order valence-corrected chi connectivity index (χ2v) is 5.56. The van der Waals surface area contributed by atoms with Crippen molar-refractivity contribution in [3.05, 3.63) is 22.8 Å². The van der Waals surface area contributed by atoms with Crippen LogP contribution in [0.25, 0.3) is 0 Å². The minimum Gasteiger partial charge on any atom is -0.350 e. The van der Waals surface area contributed by atoms with Crippen molar-refractivity contribution in [3.63, 3.8) is 0 Å². The van der Waals surface area contributed by atoms with Crippen LogP contribution in [0.5, 0.6) is 0 Å². The number of anilines is 1. The van der Waals surface area contributed by atoms with Gasteiger partial charge in [-0.25, -0.2) is 10.8 Å². The Morgan fingerprint density at radius 2 is 2.00 bits per heavy atom. The first-order valence-electron chi connectivity index (χ1n) is 5.95. The molecule has 0 unspecified atom stereocenters. The smallest absolute Gasteiger partial charge is 0.271 e. The maximum atomic E-state index is 11.9. The van der Waals surface area contributed by atoms with Crippen LogP contribution in [-0.2, 0) is 4.79 Å². The van der Waals surface area contributed by atoms with Crippen molar-refractivity contribution in [2.45, 2.75) is 26.3 Å². The van der Waals surface area contributed by atoms with Crippen LogP contribution in [0.1, 0.15) is 31.3 Å². The summed E-state index contributed by atoms with van der Waals surface area (Å²) >= 11 is 5.88. The molecule has 0 aliphatic rings. The molecular formula is C12H18ClN5O2. The lowest BCUT2D eigenvalue weighted by atomic mass is 10.1. The molecule has 8 heteroatoms. The Labute approximate surface area is 122 Å². The SMILES string of the molecule is CC(C)(C)NC(=O)CNC(=O)c1nc(NN)ccc1Cl. The molecule has 0 aliphatic carbocycles. The fraction of sp³-hybridized carbons (Fsp3) is 0.417. The van der Waals surface area contributed by atoms with E-state index in [-0.39, 0.29) is 28.7 Å². The second kappa shape index (κ2) is 6.53. The Balaban J connectivity index is 2.66. The molecule has 1 aromatic rings. The maximum Gasteiger partial charge on any atom is 0.271 e. The van der Waals surface area contributed by atoms with Gasteiger partial charge in [0.05, 0.1) is 11.6 Å². The highest BCUT2D eigenvalue weighted by atomic mass is 35.5. The Morgan fingerprint density at radius 1 is 1.35 bits per heavy atom. The van der Waals surface area contributed by atoms with Crippen LogP contribution < -0.4 is 21.9 Å². The van der Waals surface area contributed by atoms with Gasteiger partial charge in [0, 0.05) is 5.54 Å². The third-order valence-electron chi connectivity index (χ3n) is 2.13. The molecule has 7 nitrogen and oxygen atoms in total. The molecule has 0 aliphatic heterocycles. The first kappa shape index (κ1) is 16.2. The molecule has 110 valence electrons. The van der Waals surface area contributed by atoms with E-state index in [1.807, 2.05) is 20.8 Å². The zero-order valence-electron chi connectivity index (χ0n) is 11.6. The summed E-state index contributed by atoms with van der Waals surface area (Å²) in [6.07, 6.45) is 0. The molecule has 2 amide bonds. The number of hydrazine groups is 1. The molecule has 0 fully saturated rings. The largest absolute Gasteiger partial charge is 0.350 e. The molecule has 0 saturated heterocycles. The summed E-state index contributed by atoms with van der Waals surface area (Å²) in [5, 5.41) is 5.35. The molecule has 0 radical (unpaired) electrons. The number of nitrogens with one attached hydrogen (secondary N) is 3. The van der Waals surface area contributed by atoms with Crippen LogP contribution >= 0.6 is 11.6 Å². The van der Waals surface area contributed by atoms with Gasteiger partial charge in [-0.05, 0) is 32.9 Å².